The van der Waals surface area contributed by atoms with Crippen molar-refractivity contribution in [3.63, 3.8) is 0 Å². The third-order valence-corrected chi connectivity index (χ3v) is 4.57. The first-order chi connectivity index (χ1) is 10.6. The Hall–Kier alpha value is -1.17. The van der Waals surface area contributed by atoms with E-state index in [0.717, 1.165) is 19.4 Å². The van der Waals surface area contributed by atoms with E-state index in [1.165, 1.54) is 25.0 Å². The molecule has 1 saturated carbocycles. The number of aliphatic hydroxyl groups is 1. The molecule has 0 radical (unpaired) electrons. The Morgan fingerprint density at radius 2 is 2.00 bits per heavy atom. The Balaban J connectivity index is 0.00000192. The summed E-state index contributed by atoms with van der Waals surface area (Å²) < 4.78 is 12.9. The standard InChI is InChI=1S/C17H23FN2O2.ClH/c18-13-5-3-12(4-6-13)16(21)10-15-2-1-9-20(15)17(22)11-19-14-7-8-14;/h3-6,14-16,19,21H,1-2,7-11H2;1H. The SMILES string of the molecule is Cl.O=C(CNC1CC1)N1CCCC1CC(O)c1ccc(F)cc1. The van der Waals surface area contributed by atoms with E-state index >= 15 is 0 Å². The summed E-state index contributed by atoms with van der Waals surface area (Å²) in [5, 5.41) is 13.6. The van der Waals surface area contributed by atoms with Gasteiger partial charge in [-0.2, -0.15) is 0 Å². The summed E-state index contributed by atoms with van der Waals surface area (Å²) in [6.07, 6.45) is 4.10. The summed E-state index contributed by atoms with van der Waals surface area (Å²) in [6.45, 7) is 1.17. The average Bonchev–Trinajstić information content (AvgIpc) is 3.23. The van der Waals surface area contributed by atoms with Crippen LogP contribution in [0.3, 0.4) is 0 Å². The zero-order valence-electron chi connectivity index (χ0n) is 13.1. The van der Waals surface area contributed by atoms with E-state index in [9.17, 15) is 14.3 Å². The van der Waals surface area contributed by atoms with Crippen molar-refractivity contribution >= 4 is 18.3 Å². The molecule has 1 aliphatic carbocycles. The summed E-state index contributed by atoms with van der Waals surface area (Å²) in [7, 11) is 0. The van der Waals surface area contributed by atoms with Gasteiger partial charge in [0.25, 0.3) is 0 Å². The molecule has 1 aromatic carbocycles. The molecule has 3 rings (SSSR count). The molecule has 1 amide bonds. The second-order valence-corrected chi connectivity index (χ2v) is 6.34. The molecular weight excluding hydrogens is 319 g/mol. The Morgan fingerprint density at radius 1 is 1.30 bits per heavy atom. The largest absolute Gasteiger partial charge is 0.388 e. The third-order valence-electron chi connectivity index (χ3n) is 4.57. The van der Waals surface area contributed by atoms with Crippen LogP contribution in [0.5, 0.6) is 0 Å². The number of hydrogen-bond acceptors (Lipinski definition) is 3. The predicted molar refractivity (Wildman–Crippen MR) is 89.0 cm³/mol. The predicted octanol–water partition coefficient (Wildman–Crippen LogP) is 2.41. The first-order valence-corrected chi connectivity index (χ1v) is 8.10. The molecule has 4 nitrogen and oxygen atoms in total. The topological polar surface area (TPSA) is 52.6 Å². The number of hydrogen-bond donors (Lipinski definition) is 2. The molecule has 0 aromatic heterocycles. The van der Waals surface area contributed by atoms with Crippen LogP contribution in [0.25, 0.3) is 0 Å². The van der Waals surface area contributed by atoms with Gasteiger partial charge in [0.2, 0.25) is 5.91 Å². The molecule has 2 N–H and O–H groups in total. The Bertz CT molecular complexity index is 522. The number of likely N-dealkylation sites (tertiary alicyclic amines) is 1. The molecule has 23 heavy (non-hydrogen) atoms. The highest BCUT2D eigenvalue weighted by Gasteiger charge is 2.31. The van der Waals surface area contributed by atoms with Crippen LogP contribution in [0.1, 0.15) is 43.8 Å². The van der Waals surface area contributed by atoms with Crippen LogP contribution >= 0.6 is 12.4 Å². The van der Waals surface area contributed by atoms with Gasteiger partial charge < -0.3 is 15.3 Å². The minimum absolute atomic E-state index is 0. The first kappa shape index (κ1) is 18.2. The Labute approximate surface area is 142 Å². The van der Waals surface area contributed by atoms with Crippen molar-refractivity contribution in [3.05, 3.63) is 35.6 Å². The highest BCUT2D eigenvalue weighted by Crippen LogP contribution is 2.27. The number of halogens is 2. The molecule has 0 bridgehead atoms. The molecule has 2 unspecified atom stereocenters. The lowest BCUT2D eigenvalue weighted by Gasteiger charge is -2.27. The van der Waals surface area contributed by atoms with E-state index in [-0.39, 0.29) is 30.2 Å². The maximum atomic E-state index is 12.9. The van der Waals surface area contributed by atoms with E-state index in [1.807, 2.05) is 4.90 Å². The molecular formula is C17H24ClFN2O2. The number of aliphatic hydroxyl groups excluding tert-OH is 1. The lowest BCUT2D eigenvalue weighted by molar-refractivity contribution is -0.131. The number of benzene rings is 1. The first-order valence-electron chi connectivity index (χ1n) is 8.10. The van der Waals surface area contributed by atoms with Gasteiger partial charge in [-0.3, -0.25) is 4.79 Å². The fourth-order valence-corrected chi connectivity index (χ4v) is 3.11. The van der Waals surface area contributed by atoms with Crippen molar-refractivity contribution in [2.24, 2.45) is 0 Å². The van der Waals surface area contributed by atoms with E-state index in [0.29, 0.717) is 24.6 Å². The van der Waals surface area contributed by atoms with Gasteiger partial charge in [-0.25, -0.2) is 4.39 Å². The smallest absolute Gasteiger partial charge is 0.236 e. The zero-order chi connectivity index (χ0) is 15.5. The normalized spacial score (nSPS) is 21.8. The number of carbonyl (C=O) groups excluding carboxylic acids is 1. The molecule has 2 atom stereocenters. The maximum Gasteiger partial charge on any atom is 0.236 e. The van der Waals surface area contributed by atoms with E-state index in [2.05, 4.69) is 5.32 Å². The third kappa shape index (κ3) is 4.90. The van der Waals surface area contributed by atoms with Gasteiger partial charge in [0.05, 0.1) is 12.6 Å². The van der Waals surface area contributed by atoms with Crippen molar-refractivity contribution < 1.29 is 14.3 Å². The van der Waals surface area contributed by atoms with Crippen LogP contribution in [0.15, 0.2) is 24.3 Å². The van der Waals surface area contributed by atoms with Crippen molar-refractivity contribution in [3.8, 4) is 0 Å². The van der Waals surface area contributed by atoms with Crippen LogP contribution in [-0.4, -0.2) is 41.1 Å². The second-order valence-electron chi connectivity index (χ2n) is 6.34. The number of amides is 1. The number of nitrogens with one attached hydrogen (secondary N) is 1. The van der Waals surface area contributed by atoms with Gasteiger partial charge in [0, 0.05) is 18.6 Å². The minimum atomic E-state index is -0.657. The molecule has 2 aliphatic rings. The summed E-state index contributed by atoms with van der Waals surface area (Å²) in [4.78, 5) is 14.2. The van der Waals surface area contributed by atoms with Gasteiger partial charge in [-0.15, -0.1) is 12.4 Å². The van der Waals surface area contributed by atoms with Gasteiger partial charge in [0.1, 0.15) is 5.82 Å². The van der Waals surface area contributed by atoms with Crippen LogP contribution in [0.4, 0.5) is 4.39 Å². The molecule has 1 heterocycles. The van der Waals surface area contributed by atoms with Crippen molar-refractivity contribution in [1.29, 1.82) is 0 Å². The quantitative estimate of drug-likeness (QED) is 0.834. The minimum Gasteiger partial charge on any atom is -0.388 e. The van der Waals surface area contributed by atoms with E-state index < -0.39 is 6.10 Å². The molecule has 1 aromatic rings. The van der Waals surface area contributed by atoms with Crippen LogP contribution < -0.4 is 5.32 Å². The molecule has 1 saturated heterocycles. The molecule has 1 aliphatic heterocycles. The number of rotatable bonds is 6. The van der Waals surface area contributed by atoms with Crippen molar-refractivity contribution in [2.75, 3.05) is 13.1 Å². The summed E-state index contributed by atoms with van der Waals surface area (Å²) in [6, 6.07) is 6.53. The fraction of sp³-hybridized carbons (Fsp3) is 0.588. The second kappa shape index (κ2) is 8.08. The van der Waals surface area contributed by atoms with Gasteiger partial charge >= 0.3 is 0 Å². The van der Waals surface area contributed by atoms with E-state index in [4.69, 9.17) is 0 Å². The Kier molecular flexibility index (Phi) is 6.39. The highest BCUT2D eigenvalue weighted by molar-refractivity contribution is 5.85. The van der Waals surface area contributed by atoms with Crippen LogP contribution in [0, 0.1) is 5.82 Å². The molecule has 6 heteroatoms. The van der Waals surface area contributed by atoms with Gasteiger partial charge in [0.15, 0.2) is 0 Å². The fourth-order valence-electron chi connectivity index (χ4n) is 3.11. The lowest BCUT2D eigenvalue weighted by atomic mass is 10.0. The maximum absolute atomic E-state index is 12.9. The summed E-state index contributed by atoms with van der Waals surface area (Å²) in [5.74, 6) is -0.180. The monoisotopic (exact) mass is 342 g/mol. The molecule has 0 spiro atoms. The van der Waals surface area contributed by atoms with E-state index in [1.54, 1.807) is 12.1 Å². The van der Waals surface area contributed by atoms with Crippen molar-refractivity contribution in [1.82, 2.24) is 10.2 Å². The number of nitrogens with zero attached hydrogens (tertiary/aromatic N) is 1. The molecule has 128 valence electrons. The molecule has 2 fully saturated rings. The highest BCUT2D eigenvalue weighted by atomic mass is 35.5. The van der Waals surface area contributed by atoms with Crippen LogP contribution in [-0.2, 0) is 4.79 Å². The summed E-state index contributed by atoms with van der Waals surface area (Å²) >= 11 is 0. The van der Waals surface area contributed by atoms with Gasteiger partial charge in [-0.1, -0.05) is 12.1 Å². The number of carbonyl (C=O) groups is 1. The van der Waals surface area contributed by atoms with Crippen LogP contribution in [0.2, 0.25) is 0 Å². The average molecular weight is 343 g/mol. The van der Waals surface area contributed by atoms with Crippen molar-refractivity contribution in [2.45, 2.75) is 50.3 Å². The van der Waals surface area contributed by atoms with Gasteiger partial charge in [-0.05, 0) is 49.8 Å². The summed E-state index contributed by atoms with van der Waals surface area (Å²) in [5.41, 5.74) is 0.705. The zero-order valence-corrected chi connectivity index (χ0v) is 13.9. The Morgan fingerprint density at radius 3 is 2.65 bits per heavy atom. The lowest BCUT2D eigenvalue weighted by Crippen LogP contribution is -2.42.